The van der Waals surface area contributed by atoms with Crippen molar-refractivity contribution in [1.29, 1.82) is 0 Å². The topological polar surface area (TPSA) is 41.5 Å². The van der Waals surface area contributed by atoms with Gasteiger partial charge in [0.1, 0.15) is 0 Å². The maximum absolute atomic E-state index is 13.1. The van der Waals surface area contributed by atoms with Crippen LogP contribution in [0.3, 0.4) is 0 Å². The summed E-state index contributed by atoms with van der Waals surface area (Å²) in [6, 6.07) is 35.1. The van der Waals surface area contributed by atoms with Crippen molar-refractivity contribution in [2.75, 3.05) is 0 Å². The standard InChI is InChI=1S/C28H24N2O/c1-20(22-17-16-21-10-8-9-11-23(21)18-22)29-30-27(31)26-19-28(26,24-12-4-2-5-13-24)25-14-6-3-7-15-25/h2-18,26H,19H2,1H3,(H,30,31)/b29-20-/t26-/m0/s1. The van der Waals surface area contributed by atoms with Crippen molar-refractivity contribution in [3.05, 3.63) is 120 Å². The Labute approximate surface area is 182 Å². The highest BCUT2D eigenvalue weighted by atomic mass is 16.2. The van der Waals surface area contributed by atoms with Crippen molar-refractivity contribution in [2.45, 2.75) is 18.8 Å². The summed E-state index contributed by atoms with van der Waals surface area (Å²) in [5, 5.41) is 6.79. The number of hydrazone groups is 1. The van der Waals surface area contributed by atoms with Crippen LogP contribution in [0.1, 0.15) is 30.0 Å². The third-order valence-electron chi connectivity index (χ3n) is 6.36. The number of rotatable bonds is 5. The number of benzene rings is 4. The van der Waals surface area contributed by atoms with Crippen LogP contribution in [0.2, 0.25) is 0 Å². The Balaban J connectivity index is 1.38. The second-order valence-corrected chi connectivity index (χ2v) is 8.20. The van der Waals surface area contributed by atoms with E-state index < -0.39 is 0 Å². The van der Waals surface area contributed by atoms with E-state index in [2.05, 4.69) is 59.1 Å². The minimum Gasteiger partial charge on any atom is -0.273 e. The average Bonchev–Trinajstić information content (AvgIpc) is 3.60. The molecule has 0 unspecified atom stereocenters. The first-order valence-corrected chi connectivity index (χ1v) is 10.6. The van der Waals surface area contributed by atoms with Crippen LogP contribution in [-0.4, -0.2) is 11.6 Å². The number of nitrogens with one attached hydrogen (secondary N) is 1. The zero-order chi connectivity index (χ0) is 21.3. The van der Waals surface area contributed by atoms with Gasteiger partial charge in [0.15, 0.2) is 0 Å². The van der Waals surface area contributed by atoms with Gasteiger partial charge in [-0.15, -0.1) is 0 Å². The minimum absolute atomic E-state index is 0.0344. The van der Waals surface area contributed by atoms with Crippen LogP contribution in [0, 0.1) is 5.92 Å². The normalized spacial score (nSPS) is 17.3. The molecule has 0 aromatic heterocycles. The molecular weight excluding hydrogens is 380 g/mol. The predicted octanol–water partition coefficient (Wildman–Crippen LogP) is 5.69. The molecule has 5 rings (SSSR count). The molecule has 0 saturated heterocycles. The third kappa shape index (κ3) is 3.53. The van der Waals surface area contributed by atoms with Gasteiger partial charge in [-0.2, -0.15) is 5.10 Å². The average molecular weight is 405 g/mol. The molecule has 0 bridgehead atoms. The van der Waals surface area contributed by atoms with Crippen LogP contribution in [0.5, 0.6) is 0 Å². The second-order valence-electron chi connectivity index (χ2n) is 8.20. The van der Waals surface area contributed by atoms with Crippen LogP contribution < -0.4 is 5.43 Å². The Morgan fingerprint density at radius 2 is 1.39 bits per heavy atom. The van der Waals surface area contributed by atoms with Crippen molar-refractivity contribution >= 4 is 22.4 Å². The van der Waals surface area contributed by atoms with Gasteiger partial charge in [0.25, 0.3) is 0 Å². The lowest BCUT2D eigenvalue weighted by atomic mass is 9.85. The molecule has 4 aromatic carbocycles. The van der Waals surface area contributed by atoms with Crippen LogP contribution in [0.25, 0.3) is 10.8 Å². The first kappa shape index (κ1) is 19.3. The van der Waals surface area contributed by atoms with Gasteiger partial charge >= 0.3 is 0 Å². The first-order valence-electron chi connectivity index (χ1n) is 10.6. The Morgan fingerprint density at radius 3 is 2.03 bits per heavy atom. The molecule has 0 spiro atoms. The van der Waals surface area contributed by atoms with E-state index in [1.165, 1.54) is 16.5 Å². The van der Waals surface area contributed by atoms with Gasteiger partial charge in [0, 0.05) is 5.41 Å². The quantitative estimate of drug-likeness (QED) is 0.337. The highest BCUT2D eigenvalue weighted by Crippen LogP contribution is 2.58. The van der Waals surface area contributed by atoms with Crippen LogP contribution in [0.15, 0.2) is 108 Å². The monoisotopic (exact) mass is 404 g/mol. The van der Waals surface area contributed by atoms with Crippen molar-refractivity contribution < 1.29 is 4.79 Å². The van der Waals surface area contributed by atoms with E-state index in [4.69, 9.17) is 0 Å². The van der Waals surface area contributed by atoms with Gasteiger partial charge in [0.2, 0.25) is 5.91 Å². The summed E-state index contributed by atoms with van der Waals surface area (Å²) in [6.07, 6.45) is 0.789. The summed E-state index contributed by atoms with van der Waals surface area (Å²) in [5.74, 6) is -0.168. The number of amides is 1. The molecule has 0 aliphatic heterocycles. The Hall–Kier alpha value is -3.72. The van der Waals surface area contributed by atoms with Crippen molar-refractivity contribution in [3.8, 4) is 0 Å². The van der Waals surface area contributed by atoms with Crippen molar-refractivity contribution in [2.24, 2.45) is 11.0 Å². The lowest BCUT2D eigenvalue weighted by Crippen LogP contribution is -2.26. The molecule has 1 aliphatic rings. The van der Waals surface area contributed by atoms with Crippen molar-refractivity contribution in [1.82, 2.24) is 5.43 Å². The summed E-state index contributed by atoms with van der Waals surface area (Å²) in [4.78, 5) is 13.1. The van der Waals surface area contributed by atoms with E-state index >= 15 is 0 Å². The van der Waals surface area contributed by atoms with E-state index in [0.29, 0.717) is 0 Å². The largest absolute Gasteiger partial charge is 0.273 e. The van der Waals surface area contributed by atoms with E-state index in [9.17, 15) is 4.79 Å². The summed E-state index contributed by atoms with van der Waals surface area (Å²) in [5.41, 5.74) is 6.71. The van der Waals surface area contributed by atoms with E-state index in [-0.39, 0.29) is 17.2 Å². The van der Waals surface area contributed by atoms with E-state index in [1.807, 2.05) is 61.5 Å². The fraction of sp³-hybridized carbons (Fsp3) is 0.143. The molecule has 4 aromatic rings. The molecule has 1 fully saturated rings. The molecule has 152 valence electrons. The van der Waals surface area contributed by atoms with Gasteiger partial charge in [-0.3, -0.25) is 4.79 Å². The highest BCUT2D eigenvalue weighted by molar-refractivity contribution is 6.02. The Kier molecular flexibility index (Phi) is 4.87. The zero-order valence-corrected chi connectivity index (χ0v) is 17.5. The maximum atomic E-state index is 13.1. The number of fused-ring (bicyclic) bond motifs is 1. The van der Waals surface area contributed by atoms with Gasteiger partial charge < -0.3 is 0 Å². The number of carbonyl (C=O) groups excluding carboxylic acids is 1. The summed E-state index contributed by atoms with van der Waals surface area (Å²) < 4.78 is 0. The lowest BCUT2D eigenvalue weighted by molar-refractivity contribution is -0.122. The van der Waals surface area contributed by atoms with Gasteiger partial charge in [0.05, 0.1) is 11.6 Å². The first-order chi connectivity index (χ1) is 15.2. The van der Waals surface area contributed by atoms with Crippen LogP contribution in [0.4, 0.5) is 0 Å². The van der Waals surface area contributed by atoms with Gasteiger partial charge in [-0.1, -0.05) is 97.1 Å². The minimum atomic E-state index is -0.279. The predicted molar refractivity (Wildman–Crippen MR) is 126 cm³/mol. The molecule has 1 aliphatic carbocycles. The second kappa shape index (κ2) is 7.84. The maximum Gasteiger partial charge on any atom is 0.244 e. The number of hydrogen-bond acceptors (Lipinski definition) is 2. The smallest absolute Gasteiger partial charge is 0.244 e. The zero-order valence-electron chi connectivity index (χ0n) is 17.5. The molecule has 31 heavy (non-hydrogen) atoms. The lowest BCUT2D eigenvalue weighted by Gasteiger charge is -2.18. The fourth-order valence-corrected chi connectivity index (χ4v) is 4.55. The van der Waals surface area contributed by atoms with Crippen LogP contribution >= 0.6 is 0 Å². The number of nitrogens with zero attached hydrogens (tertiary/aromatic N) is 1. The molecule has 0 heterocycles. The summed E-state index contributed by atoms with van der Waals surface area (Å²) in [6.45, 7) is 1.93. The molecule has 0 radical (unpaired) electrons. The fourth-order valence-electron chi connectivity index (χ4n) is 4.55. The van der Waals surface area contributed by atoms with Gasteiger partial charge in [-0.05, 0) is 46.9 Å². The Bertz CT molecular complexity index is 1220. The number of carbonyl (C=O) groups is 1. The van der Waals surface area contributed by atoms with E-state index in [1.54, 1.807) is 0 Å². The van der Waals surface area contributed by atoms with E-state index in [0.717, 1.165) is 23.1 Å². The van der Waals surface area contributed by atoms with Crippen molar-refractivity contribution in [3.63, 3.8) is 0 Å². The molecule has 1 N–H and O–H groups in total. The Morgan fingerprint density at radius 1 is 0.806 bits per heavy atom. The van der Waals surface area contributed by atoms with Crippen LogP contribution in [-0.2, 0) is 10.2 Å². The molecule has 1 amide bonds. The van der Waals surface area contributed by atoms with Gasteiger partial charge in [-0.25, -0.2) is 5.43 Å². The third-order valence-corrected chi connectivity index (χ3v) is 6.36. The molecule has 3 heteroatoms. The molecule has 1 atom stereocenters. The summed E-state index contributed by atoms with van der Waals surface area (Å²) >= 11 is 0. The summed E-state index contributed by atoms with van der Waals surface area (Å²) in [7, 11) is 0. The number of hydrogen-bond donors (Lipinski definition) is 1. The highest BCUT2D eigenvalue weighted by Gasteiger charge is 2.60. The SMILES string of the molecule is C/C(=N/NC(=O)[C@@H]1CC1(c1ccccc1)c1ccccc1)c1ccc2ccccc2c1. The molecular formula is C28H24N2O. The molecule has 3 nitrogen and oxygen atoms in total. The molecule has 1 saturated carbocycles.